The van der Waals surface area contributed by atoms with Crippen LogP contribution < -0.4 is 0 Å². The second kappa shape index (κ2) is 7.70. The summed E-state index contributed by atoms with van der Waals surface area (Å²) >= 11 is 5.87. The smallest absolute Gasteiger partial charge is 0.0406 e. The molecule has 17 heavy (non-hydrogen) atoms. The van der Waals surface area contributed by atoms with Gasteiger partial charge in [0.05, 0.1) is 0 Å². The summed E-state index contributed by atoms with van der Waals surface area (Å²) in [7, 11) is 2.16. The van der Waals surface area contributed by atoms with Gasteiger partial charge in [0.1, 0.15) is 0 Å². The maximum atomic E-state index is 5.87. The van der Waals surface area contributed by atoms with Crippen LogP contribution in [0.2, 0.25) is 5.02 Å². The maximum Gasteiger partial charge on any atom is 0.0406 e. The Morgan fingerprint density at radius 2 is 1.59 bits per heavy atom. The third kappa shape index (κ3) is 5.53. The van der Waals surface area contributed by atoms with Crippen molar-refractivity contribution < 1.29 is 0 Å². The van der Waals surface area contributed by atoms with Gasteiger partial charge in [-0.15, -0.1) is 0 Å². The number of rotatable bonds is 7. The highest BCUT2D eigenvalue weighted by molar-refractivity contribution is 6.30. The molecule has 2 nitrogen and oxygen atoms in total. The molecule has 0 unspecified atom stereocenters. The second-order valence-electron chi connectivity index (χ2n) is 4.39. The quantitative estimate of drug-likeness (QED) is 0.738. The van der Waals surface area contributed by atoms with Crippen LogP contribution in [0.5, 0.6) is 0 Å². The van der Waals surface area contributed by atoms with E-state index in [9.17, 15) is 0 Å². The van der Waals surface area contributed by atoms with E-state index >= 15 is 0 Å². The first-order valence-corrected chi connectivity index (χ1v) is 6.68. The van der Waals surface area contributed by atoms with Gasteiger partial charge in [-0.05, 0) is 37.8 Å². The molecule has 1 rings (SSSR count). The van der Waals surface area contributed by atoms with Gasteiger partial charge in [-0.1, -0.05) is 37.6 Å². The normalized spacial score (nSPS) is 11.4. The van der Waals surface area contributed by atoms with Crippen LogP contribution in [0.3, 0.4) is 0 Å². The monoisotopic (exact) mass is 254 g/mol. The summed E-state index contributed by atoms with van der Waals surface area (Å²) in [5.74, 6) is 0. The zero-order chi connectivity index (χ0) is 12.7. The molecule has 0 spiro atoms. The van der Waals surface area contributed by atoms with E-state index in [0.29, 0.717) is 0 Å². The molecule has 0 heterocycles. The summed E-state index contributed by atoms with van der Waals surface area (Å²) in [6, 6.07) is 8.09. The topological polar surface area (TPSA) is 6.48 Å². The Bertz CT molecular complexity index is 307. The van der Waals surface area contributed by atoms with Crippen molar-refractivity contribution in [3.05, 3.63) is 34.9 Å². The largest absolute Gasteiger partial charge is 0.303 e. The highest BCUT2D eigenvalue weighted by Gasteiger charge is 2.03. The molecule has 96 valence electrons. The average Bonchev–Trinajstić information content (AvgIpc) is 2.33. The van der Waals surface area contributed by atoms with Crippen molar-refractivity contribution in [1.82, 2.24) is 9.80 Å². The summed E-state index contributed by atoms with van der Waals surface area (Å²) < 4.78 is 0. The minimum absolute atomic E-state index is 0.805. The van der Waals surface area contributed by atoms with E-state index in [1.54, 1.807) is 0 Å². The Morgan fingerprint density at radius 3 is 2.12 bits per heavy atom. The van der Waals surface area contributed by atoms with Crippen molar-refractivity contribution in [2.75, 3.05) is 33.2 Å². The van der Waals surface area contributed by atoms with E-state index < -0.39 is 0 Å². The Balaban J connectivity index is 2.34. The Kier molecular flexibility index (Phi) is 6.56. The lowest BCUT2D eigenvalue weighted by molar-refractivity contribution is 0.236. The van der Waals surface area contributed by atoms with Gasteiger partial charge in [0.2, 0.25) is 0 Å². The first-order chi connectivity index (χ1) is 8.15. The molecule has 0 atom stereocenters. The molecule has 0 N–H and O–H groups in total. The molecule has 0 aliphatic carbocycles. The van der Waals surface area contributed by atoms with Gasteiger partial charge in [0, 0.05) is 24.7 Å². The number of nitrogens with zero attached hydrogens (tertiary/aromatic N) is 2. The molecule has 0 bridgehead atoms. The van der Waals surface area contributed by atoms with Crippen LogP contribution in [-0.2, 0) is 6.54 Å². The Hall–Kier alpha value is -0.570. The highest BCUT2D eigenvalue weighted by atomic mass is 35.5. The molecular formula is C14H23ClN2. The first-order valence-electron chi connectivity index (χ1n) is 6.31. The van der Waals surface area contributed by atoms with E-state index in [0.717, 1.165) is 37.7 Å². The van der Waals surface area contributed by atoms with Crippen LogP contribution in [0.1, 0.15) is 19.4 Å². The number of likely N-dealkylation sites (N-methyl/N-ethyl adjacent to an activating group) is 2. The van der Waals surface area contributed by atoms with Gasteiger partial charge >= 0.3 is 0 Å². The predicted octanol–water partition coefficient (Wildman–Crippen LogP) is 3.11. The molecule has 0 fully saturated rings. The van der Waals surface area contributed by atoms with E-state index in [4.69, 9.17) is 11.6 Å². The van der Waals surface area contributed by atoms with Gasteiger partial charge in [0.25, 0.3) is 0 Å². The predicted molar refractivity (Wildman–Crippen MR) is 75.6 cm³/mol. The van der Waals surface area contributed by atoms with E-state index in [1.807, 2.05) is 12.1 Å². The molecule has 0 saturated heterocycles. The van der Waals surface area contributed by atoms with E-state index in [-0.39, 0.29) is 0 Å². The fourth-order valence-corrected chi connectivity index (χ4v) is 1.96. The number of hydrogen-bond acceptors (Lipinski definition) is 2. The lowest BCUT2D eigenvalue weighted by Crippen LogP contribution is -2.32. The summed E-state index contributed by atoms with van der Waals surface area (Å²) in [6.45, 7) is 9.90. The summed E-state index contributed by atoms with van der Waals surface area (Å²) in [4.78, 5) is 4.79. The van der Waals surface area contributed by atoms with E-state index in [1.165, 1.54) is 5.56 Å². The Labute approximate surface area is 110 Å². The van der Waals surface area contributed by atoms with Gasteiger partial charge in [-0.2, -0.15) is 0 Å². The van der Waals surface area contributed by atoms with Crippen LogP contribution in [0.15, 0.2) is 24.3 Å². The minimum Gasteiger partial charge on any atom is -0.303 e. The molecule has 0 saturated carbocycles. The third-order valence-corrected chi connectivity index (χ3v) is 3.31. The molecule has 3 heteroatoms. The lowest BCUT2D eigenvalue weighted by Gasteiger charge is -2.23. The molecule has 0 aromatic heterocycles. The van der Waals surface area contributed by atoms with Gasteiger partial charge in [-0.3, -0.25) is 0 Å². The summed E-state index contributed by atoms with van der Waals surface area (Å²) in [5, 5.41) is 0.805. The molecule has 0 radical (unpaired) electrons. The van der Waals surface area contributed by atoms with Crippen molar-refractivity contribution in [1.29, 1.82) is 0 Å². The SMILES string of the molecule is CCN(CC)CCN(C)Cc1ccc(Cl)cc1. The molecule has 0 aliphatic rings. The van der Waals surface area contributed by atoms with Crippen molar-refractivity contribution in [3.63, 3.8) is 0 Å². The van der Waals surface area contributed by atoms with Crippen LogP contribution in [0.4, 0.5) is 0 Å². The van der Waals surface area contributed by atoms with Gasteiger partial charge in [-0.25, -0.2) is 0 Å². The van der Waals surface area contributed by atoms with Crippen LogP contribution in [-0.4, -0.2) is 43.0 Å². The Morgan fingerprint density at radius 1 is 1.00 bits per heavy atom. The average molecular weight is 255 g/mol. The third-order valence-electron chi connectivity index (χ3n) is 3.06. The van der Waals surface area contributed by atoms with Gasteiger partial charge in [0.15, 0.2) is 0 Å². The number of hydrogen-bond donors (Lipinski definition) is 0. The van der Waals surface area contributed by atoms with Gasteiger partial charge < -0.3 is 9.80 Å². The minimum atomic E-state index is 0.805. The molecular weight excluding hydrogens is 232 g/mol. The molecule has 1 aromatic carbocycles. The van der Waals surface area contributed by atoms with Crippen LogP contribution in [0.25, 0.3) is 0 Å². The lowest BCUT2D eigenvalue weighted by atomic mass is 10.2. The van der Waals surface area contributed by atoms with E-state index in [2.05, 4.69) is 42.8 Å². The number of halogens is 1. The summed E-state index contributed by atoms with van der Waals surface area (Å²) in [5.41, 5.74) is 1.32. The van der Waals surface area contributed by atoms with Crippen molar-refractivity contribution in [2.24, 2.45) is 0 Å². The molecule has 0 amide bonds. The van der Waals surface area contributed by atoms with Crippen molar-refractivity contribution in [2.45, 2.75) is 20.4 Å². The zero-order valence-corrected chi connectivity index (χ0v) is 11.9. The first kappa shape index (κ1) is 14.5. The zero-order valence-electron chi connectivity index (χ0n) is 11.1. The highest BCUT2D eigenvalue weighted by Crippen LogP contribution is 2.10. The van der Waals surface area contributed by atoms with Crippen molar-refractivity contribution in [3.8, 4) is 0 Å². The summed E-state index contributed by atoms with van der Waals surface area (Å²) in [6.07, 6.45) is 0. The van der Waals surface area contributed by atoms with Crippen molar-refractivity contribution >= 4 is 11.6 Å². The fraction of sp³-hybridized carbons (Fsp3) is 0.571. The van der Waals surface area contributed by atoms with Crippen LogP contribution >= 0.6 is 11.6 Å². The fourth-order valence-electron chi connectivity index (χ4n) is 1.83. The molecule has 1 aromatic rings. The standard InChI is InChI=1S/C14H23ClN2/c1-4-17(5-2)11-10-16(3)12-13-6-8-14(15)9-7-13/h6-9H,4-5,10-12H2,1-3H3. The second-order valence-corrected chi connectivity index (χ2v) is 4.83. The number of benzene rings is 1. The molecule has 0 aliphatic heterocycles. The van der Waals surface area contributed by atoms with Crippen LogP contribution in [0, 0.1) is 0 Å². The maximum absolute atomic E-state index is 5.87.